The zero-order chi connectivity index (χ0) is 13.9. The Labute approximate surface area is 110 Å². The van der Waals surface area contributed by atoms with Gasteiger partial charge in [-0.3, -0.25) is 0 Å². The largest absolute Gasteiger partial charge is 0.416 e. The Balaban J connectivity index is 1.87. The van der Waals surface area contributed by atoms with Crippen LogP contribution in [-0.2, 0) is 12.7 Å². The van der Waals surface area contributed by atoms with Crippen LogP contribution in [0, 0.1) is 11.7 Å². The molecule has 106 valence electrons. The van der Waals surface area contributed by atoms with Gasteiger partial charge >= 0.3 is 6.18 Å². The van der Waals surface area contributed by atoms with Crippen molar-refractivity contribution >= 4 is 0 Å². The molecular weight excluding hydrogens is 258 g/mol. The van der Waals surface area contributed by atoms with Gasteiger partial charge < -0.3 is 5.32 Å². The highest BCUT2D eigenvalue weighted by Gasteiger charge is 2.33. The average Bonchev–Trinajstić information content (AvgIpc) is 3.13. The first kappa shape index (κ1) is 14.3. The molecule has 1 aromatic carbocycles. The van der Waals surface area contributed by atoms with E-state index in [0.29, 0.717) is 12.6 Å². The molecule has 1 nitrogen and oxygen atoms in total. The number of nitrogens with one attached hydrogen (secondary N) is 1. The van der Waals surface area contributed by atoms with E-state index in [1.807, 2.05) is 0 Å². The van der Waals surface area contributed by atoms with E-state index < -0.39 is 17.6 Å². The minimum Gasteiger partial charge on any atom is -0.313 e. The van der Waals surface area contributed by atoms with E-state index in [9.17, 15) is 17.6 Å². The third-order valence-electron chi connectivity index (χ3n) is 3.36. The number of rotatable bonds is 6. The molecule has 0 unspecified atom stereocenters. The van der Waals surface area contributed by atoms with E-state index in [0.717, 1.165) is 24.8 Å². The summed E-state index contributed by atoms with van der Waals surface area (Å²) in [4.78, 5) is 0. The molecule has 0 aromatic heterocycles. The third kappa shape index (κ3) is 4.49. The van der Waals surface area contributed by atoms with E-state index in [1.54, 1.807) is 0 Å². The summed E-state index contributed by atoms with van der Waals surface area (Å²) in [5.74, 6) is -0.0248. The van der Waals surface area contributed by atoms with Gasteiger partial charge in [0.1, 0.15) is 5.82 Å². The molecular formula is C14H17F4N. The molecule has 0 amide bonds. The molecule has 19 heavy (non-hydrogen) atoms. The first-order chi connectivity index (χ1) is 8.97. The predicted molar refractivity (Wildman–Crippen MR) is 65.1 cm³/mol. The van der Waals surface area contributed by atoms with Crippen LogP contribution < -0.4 is 5.32 Å². The van der Waals surface area contributed by atoms with Gasteiger partial charge in [-0.1, -0.05) is 18.9 Å². The average molecular weight is 275 g/mol. The van der Waals surface area contributed by atoms with Gasteiger partial charge in [0, 0.05) is 6.54 Å². The Morgan fingerprint density at radius 2 is 1.95 bits per heavy atom. The lowest BCUT2D eigenvalue weighted by Gasteiger charge is -2.13. The number of hydrogen-bond acceptors (Lipinski definition) is 1. The van der Waals surface area contributed by atoms with Crippen molar-refractivity contribution in [3.8, 4) is 0 Å². The maximum atomic E-state index is 12.9. The summed E-state index contributed by atoms with van der Waals surface area (Å²) in [6.07, 6.45) is 0.190. The highest BCUT2D eigenvalue weighted by molar-refractivity contribution is 5.30. The van der Waals surface area contributed by atoms with Gasteiger partial charge in [0.05, 0.1) is 5.56 Å². The van der Waals surface area contributed by atoms with Crippen molar-refractivity contribution in [2.24, 2.45) is 5.92 Å². The van der Waals surface area contributed by atoms with Crippen LogP contribution in [-0.4, -0.2) is 6.54 Å². The van der Waals surface area contributed by atoms with Crippen molar-refractivity contribution in [2.45, 2.75) is 38.4 Å². The topological polar surface area (TPSA) is 12.0 Å². The minimum atomic E-state index is -4.51. The smallest absolute Gasteiger partial charge is 0.313 e. The van der Waals surface area contributed by atoms with Crippen LogP contribution in [0.1, 0.15) is 36.8 Å². The molecule has 0 atom stereocenters. The van der Waals surface area contributed by atoms with Gasteiger partial charge in [-0.2, -0.15) is 13.2 Å². The molecule has 5 heteroatoms. The van der Waals surface area contributed by atoms with E-state index >= 15 is 0 Å². The summed E-state index contributed by atoms with van der Waals surface area (Å²) in [5, 5.41) is 2.99. The zero-order valence-electron chi connectivity index (χ0n) is 10.6. The molecule has 0 heterocycles. The Kier molecular flexibility index (Phi) is 4.45. The highest BCUT2D eigenvalue weighted by atomic mass is 19.4. The van der Waals surface area contributed by atoms with Crippen molar-refractivity contribution in [2.75, 3.05) is 6.54 Å². The van der Waals surface area contributed by atoms with Crippen molar-refractivity contribution in [3.05, 3.63) is 35.1 Å². The lowest BCUT2D eigenvalue weighted by molar-refractivity contribution is -0.138. The predicted octanol–water partition coefficient (Wildman–Crippen LogP) is 4.12. The maximum Gasteiger partial charge on any atom is 0.416 e. The summed E-state index contributed by atoms with van der Waals surface area (Å²) in [6.45, 7) is 0.824. The van der Waals surface area contributed by atoms with Crippen LogP contribution in [0.3, 0.4) is 0 Å². The molecule has 2 rings (SSSR count). The summed E-state index contributed by atoms with van der Waals surface area (Å²) >= 11 is 0. The second-order valence-electron chi connectivity index (χ2n) is 5.06. The molecule has 0 spiro atoms. The lowest BCUT2D eigenvalue weighted by Crippen LogP contribution is -2.19. The van der Waals surface area contributed by atoms with Gasteiger partial charge in [0.25, 0.3) is 0 Å². The molecule has 0 aliphatic heterocycles. The van der Waals surface area contributed by atoms with Crippen LogP contribution in [0.25, 0.3) is 0 Å². The number of benzene rings is 1. The van der Waals surface area contributed by atoms with Crippen LogP contribution >= 0.6 is 0 Å². The molecule has 0 radical (unpaired) electrons. The van der Waals surface area contributed by atoms with E-state index in [2.05, 4.69) is 5.32 Å². The van der Waals surface area contributed by atoms with Crippen LogP contribution in [0.5, 0.6) is 0 Å². The van der Waals surface area contributed by atoms with Crippen molar-refractivity contribution in [1.82, 2.24) is 5.32 Å². The number of halogens is 4. The van der Waals surface area contributed by atoms with Crippen molar-refractivity contribution in [3.63, 3.8) is 0 Å². The van der Waals surface area contributed by atoms with E-state index in [4.69, 9.17) is 0 Å². The molecule has 1 N–H and O–H groups in total. The first-order valence-corrected chi connectivity index (χ1v) is 6.53. The molecule has 0 bridgehead atoms. The fraction of sp³-hybridized carbons (Fsp3) is 0.571. The second-order valence-corrected chi connectivity index (χ2v) is 5.06. The van der Waals surface area contributed by atoms with E-state index in [-0.39, 0.29) is 12.1 Å². The first-order valence-electron chi connectivity index (χ1n) is 6.53. The third-order valence-corrected chi connectivity index (χ3v) is 3.36. The number of alkyl halides is 3. The summed E-state index contributed by atoms with van der Waals surface area (Å²) < 4.78 is 51.1. The van der Waals surface area contributed by atoms with Crippen molar-refractivity contribution in [1.29, 1.82) is 0 Å². The lowest BCUT2D eigenvalue weighted by atomic mass is 10.1. The van der Waals surface area contributed by atoms with Crippen LogP contribution in [0.15, 0.2) is 18.2 Å². The summed E-state index contributed by atoms with van der Waals surface area (Å²) in [7, 11) is 0. The molecule has 1 saturated carbocycles. The maximum absolute atomic E-state index is 12.9. The Bertz CT molecular complexity index is 424. The minimum absolute atomic E-state index is 0.0975. The van der Waals surface area contributed by atoms with Gasteiger partial charge in [0.2, 0.25) is 0 Å². The normalized spacial score (nSPS) is 15.8. The standard InChI is InChI=1S/C14H17F4N/c15-12-6-5-11(13(8-12)14(16,17)18)9-19-7-1-2-10-3-4-10/h5-6,8,10,19H,1-4,7,9H2. The van der Waals surface area contributed by atoms with E-state index in [1.165, 1.54) is 18.9 Å². The fourth-order valence-corrected chi connectivity index (χ4v) is 2.11. The van der Waals surface area contributed by atoms with Gasteiger partial charge in [0.15, 0.2) is 0 Å². The van der Waals surface area contributed by atoms with Crippen molar-refractivity contribution < 1.29 is 17.6 Å². The van der Waals surface area contributed by atoms with Gasteiger partial charge in [-0.05, 0) is 43.0 Å². The Morgan fingerprint density at radius 1 is 1.21 bits per heavy atom. The van der Waals surface area contributed by atoms with Crippen LogP contribution in [0.2, 0.25) is 0 Å². The molecule has 1 aromatic rings. The molecule has 1 aliphatic rings. The quantitative estimate of drug-likeness (QED) is 0.608. The second kappa shape index (κ2) is 5.90. The fourth-order valence-electron chi connectivity index (χ4n) is 2.11. The molecule has 0 saturated heterocycles. The SMILES string of the molecule is Fc1ccc(CNCCCC2CC2)c(C(F)(F)F)c1. The monoisotopic (exact) mass is 275 g/mol. The van der Waals surface area contributed by atoms with Gasteiger partial charge in [-0.15, -0.1) is 0 Å². The Hall–Kier alpha value is -1.10. The molecule has 1 fully saturated rings. The van der Waals surface area contributed by atoms with Gasteiger partial charge in [-0.25, -0.2) is 4.39 Å². The summed E-state index contributed by atoms with van der Waals surface area (Å²) in [6, 6.07) is 2.82. The van der Waals surface area contributed by atoms with Crippen LogP contribution in [0.4, 0.5) is 17.6 Å². The number of hydrogen-bond donors (Lipinski definition) is 1. The highest BCUT2D eigenvalue weighted by Crippen LogP contribution is 2.33. The zero-order valence-corrected chi connectivity index (χ0v) is 10.6. The molecule has 1 aliphatic carbocycles. The summed E-state index contributed by atoms with van der Waals surface area (Å²) in [5.41, 5.74) is -0.789. The Morgan fingerprint density at radius 3 is 2.58 bits per heavy atom.